The predicted octanol–water partition coefficient (Wildman–Crippen LogP) is 2.91. The molecule has 2 saturated heterocycles. The van der Waals surface area contributed by atoms with Crippen LogP contribution in [0.1, 0.15) is 59.8 Å². The van der Waals surface area contributed by atoms with Gasteiger partial charge in [0, 0.05) is 31.6 Å². The van der Waals surface area contributed by atoms with Crippen molar-refractivity contribution in [3.8, 4) is 0 Å². The Labute approximate surface area is 168 Å². The number of nitrogens with one attached hydrogen (secondary N) is 1. The molecule has 5 heteroatoms. The Morgan fingerprint density at radius 2 is 1.67 bits per heavy atom. The van der Waals surface area contributed by atoms with Gasteiger partial charge in [-0.15, -0.1) is 0 Å². The van der Waals surface area contributed by atoms with E-state index in [1.165, 1.54) is 52.0 Å². The lowest BCUT2D eigenvalue weighted by molar-refractivity contribution is -0.125. The van der Waals surface area contributed by atoms with Gasteiger partial charge in [-0.2, -0.15) is 0 Å². The zero-order chi connectivity index (χ0) is 20.2. The SMILES string of the molecule is CC.CC(C)C(=O)NC1CCN(CCCN(C)CC2CCN(C)CC2)CC1. The van der Waals surface area contributed by atoms with Crippen molar-refractivity contribution in [3.63, 3.8) is 0 Å². The molecule has 2 heterocycles. The van der Waals surface area contributed by atoms with Gasteiger partial charge < -0.3 is 20.0 Å². The summed E-state index contributed by atoms with van der Waals surface area (Å²) < 4.78 is 0. The van der Waals surface area contributed by atoms with Gasteiger partial charge in [-0.1, -0.05) is 27.7 Å². The van der Waals surface area contributed by atoms with Crippen molar-refractivity contribution < 1.29 is 4.79 Å². The van der Waals surface area contributed by atoms with Crippen molar-refractivity contribution in [1.29, 1.82) is 0 Å². The van der Waals surface area contributed by atoms with Gasteiger partial charge >= 0.3 is 0 Å². The maximum atomic E-state index is 11.8. The molecule has 2 aliphatic rings. The summed E-state index contributed by atoms with van der Waals surface area (Å²) in [7, 11) is 4.52. The summed E-state index contributed by atoms with van der Waals surface area (Å²) in [5.74, 6) is 1.19. The molecule has 0 aliphatic carbocycles. The van der Waals surface area contributed by atoms with Crippen molar-refractivity contribution in [2.24, 2.45) is 11.8 Å². The zero-order valence-corrected chi connectivity index (χ0v) is 19.0. The van der Waals surface area contributed by atoms with Gasteiger partial charge in [-0.05, 0) is 78.3 Å². The Balaban J connectivity index is 0.00000176. The minimum absolute atomic E-state index is 0.0955. The summed E-state index contributed by atoms with van der Waals surface area (Å²) in [6.45, 7) is 16.4. The van der Waals surface area contributed by atoms with Crippen LogP contribution < -0.4 is 5.32 Å². The van der Waals surface area contributed by atoms with Gasteiger partial charge in [0.1, 0.15) is 0 Å². The van der Waals surface area contributed by atoms with Crippen molar-refractivity contribution in [1.82, 2.24) is 20.0 Å². The van der Waals surface area contributed by atoms with E-state index in [0.717, 1.165) is 31.8 Å². The molecule has 2 fully saturated rings. The Morgan fingerprint density at radius 3 is 2.22 bits per heavy atom. The molecule has 0 bridgehead atoms. The molecule has 0 spiro atoms. The predicted molar refractivity (Wildman–Crippen MR) is 116 cm³/mol. The molecular formula is C22H46N4O. The van der Waals surface area contributed by atoms with Crippen LogP contribution in [0.25, 0.3) is 0 Å². The highest BCUT2D eigenvalue weighted by atomic mass is 16.1. The maximum absolute atomic E-state index is 11.8. The monoisotopic (exact) mass is 382 g/mol. The van der Waals surface area contributed by atoms with E-state index < -0.39 is 0 Å². The van der Waals surface area contributed by atoms with Crippen LogP contribution in [0, 0.1) is 11.8 Å². The Morgan fingerprint density at radius 1 is 1.07 bits per heavy atom. The number of nitrogens with zero attached hydrogens (tertiary/aromatic N) is 3. The summed E-state index contributed by atoms with van der Waals surface area (Å²) in [6, 6.07) is 0.387. The van der Waals surface area contributed by atoms with E-state index in [2.05, 4.69) is 34.1 Å². The highest BCUT2D eigenvalue weighted by Crippen LogP contribution is 2.17. The number of piperidine rings is 2. The highest BCUT2D eigenvalue weighted by Gasteiger charge is 2.22. The second-order valence-corrected chi connectivity index (χ2v) is 8.64. The van der Waals surface area contributed by atoms with Crippen LogP contribution in [-0.4, -0.2) is 86.6 Å². The normalized spacial score (nSPS) is 20.6. The van der Waals surface area contributed by atoms with Crippen molar-refractivity contribution in [2.75, 3.05) is 59.9 Å². The van der Waals surface area contributed by atoms with Gasteiger partial charge in [0.05, 0.1) is 0 Å². The van der Waals surface area contributed by atoms with Crippen LogP contribution in [0.2, 0.25) is 0 Å². The van der Waals surface area contributed by atoms with E-state index in [1.54, 1.807) is 0 Å². The summed E-state index contributed by atoms with van der Waals surface area (Å²) in [5.41, 5.74) is 0. The molecule has 5 nitrogen and oxygen atoms in total. The number of carbonyl (C=O) groups is 1. The molecule has 1 N–H and O–H groups in total. The molecule has 2 aliphatic heterocycles. The largest absolute Gasteiger partial charge is 0.353 e. The van der Waals surface area contributed by atoms with E-state index in [-0.39, 0.29) is 11.8 Å². The molecule has 0 aromatic carbocycles. The van der Waals surface area contributed by atoms with E-state index in [4.69, 9.17) is 0 Å². The average Bonchev–Trinajstić information content (AvgIpc) is 2.66. The lowest BCUT2D eigenvalue weighted by Crippen LogP contribution is -2.46. The van der Waals surface area contributed by atoms with Gasteiger partial charge in [0.2, 0.25) is 5.91 Å². The van der Waals surface area contributed by atoms with E-state index in [9.17, 15) is 4.79 Å². The molecule has 0 saturated carbocycles. The van der Waals surface area contributed by atoms with Crippen LogP contribution in [0.4, 0.5) is 0 Å². The molecule has 0 aromatic heterocycles. The fraction of sp³-hybridized carbons (Fsp3) is 0.955. The molecular weight excluding hydrogens is 336 g/mol. The van der Waals surface area contributed by atoms with Gasteiger partial charge in [-0.3, -0.25) is 4.79 Å². The molecule has 0 aromatic rings. The number of rotatable bonds is 8. The topological polar surface area (TPSA) is 38.8 Å². The lowest BCUT2D eigenvalue weighted by atomic mass is 9.96. The molecule has 0 unspecified atom stereocenters. The Hall–Kier alpha value is -0.650. The van der Waals surface area contributed by atoms with Gasteiger partial charge in [0.15, 0.2) is 0 Å². The average molecular weight is 383 g/mol. The third kappa shape index (κ3) is 9.91. The maximum Gasteiger partial charge on any atom is 0.222 e. The minimum atomic E-state index is 0.0955. The quantitative estimate of drug-likeness (QED) is 0.701. The van der Waals surface area contributed by atoms with Crippen LogP contribution in [0.5, 0.6) is 0 Å². The smallest absolute Gasteiger partial charge is 0.222 e. The van der Waals surface area contributed by atoms with Gasteiger partial charge in [-0.25, -0.2) is 0 Å². The number of hydrogen-bond acceptors (Lipinski definition) is 4. The molecule has 2 rings (SSSR count). The third-order valence-electron chi connectivity index (χ3n) is 5.88. The first-order chi connectivity index (χ1) is 12.9. The first-order valence-corrected chi connectivity index (χ1v) is 11.3. The van der Waals surface area contributed by atoms with Gasteiger partial charge in [0.25, 0.3) is 0 Å². The zero-order valence-electron chi connectivity index (χ0n) is 19.0. The Kier molecular flexibility index (Phi) is 12.2. The first-order valence-electron chi connectivity index (χ1n) is 11.3. The van der Waals surface area contributed by atoms with Crippen LogP contribution in [0.3, 0.4) is 0 Å². The number of likely N-dealkylation sites (tertiary alicyclic amines) is 2. The second kappa shape index (κ2) is 13.5. The highest BCUT2D eigenvalue weighted by molar-refractivity contribution is 5.78. The van der Waals surface area contributed by atoms with Crippen molar-refractivity contribution in [2.45, 2.75) is 65.8 Å². The molecule has 27 heavy (non-hydrogen) atoms. The number of amides is 1. The fourth-order valence-corrected chi connectivity index (χ4v) is 4.01. The number of hydrogen-bond donors (Lipinski definition) is 1. The van der Waals surface area contributed by atoms with Crippen LogP contribution in [0.15, 0.2) is 0 Å². The summed E-state index contributed by atoms with van der Waals surface area (Å²) in [4.78, 5) is 19.3. The summed E-state index contributed by atoms with van der Waals surface area (Å²) in [6.07, 6.45) is 6.17. The minimum Gasteiger partial charge on any atom is -0.353 e. The Bertz CT molecular complexity index is 386. The molecule has 1 amide bonds. The van der Waals surface area contributed by atoms with Crippen LogP contribution in [-0.2, 0) is 4.79 Å². The number of carbonyl (C=O) groups excluding carboxylic acids is 1. The second-order valence-electron chi connectivity index (χ2n) is 8.64. The van der Waals surface area contributed by atoms with E-state index in [0.29, 0.717) is 6.04 Å². The van der Waals surface area contributed by atoms with Crippen molar-refractivity contribution in [3.05, 3.63) is 0 Å². The first kappa shape index (κ1) is 24.4. The third-order valence-corrected chi connectivity index (χ3v) is 5.88. The summed E-state index contributed by atoms with van der Waals surface area (Å²) in [5, 5.41) is 3.18. The fourth-order valence-electron chi connectivity index (χ4n) is 4.01. The standard InChI is InChI=1S/C20H40N4O.C2H6/c1-17(2)20(25)21-19-8-14-24(15-9-19)11-5-10-23(4)16-18-6-12-22(3)13-7-18;1-2/h17-19H,5-16H2,1-4H3,(H,21,25);1-2H3. The van der Waals surface area contributed by atoms with Crippen LogP contribution >= 0.6 is 0 Å². The van der Waals surface area contributed by atoms with E-state index in [1.807, 2.05) is 27.7 Å². The molecule has 0 radical (unpaired) electrons. The molecule has 160 valence electrons. The summed E-state index contributed by atoms with van der Waals surface area (Å²) >= 11 is 0. The molecule has 0 atom stereocenters. The lowest BCUT2D eigenvalue weighted by Gasteiger charge is -2.34. The van der Waals surface area contributed by atoms with E-state index >= 15 is 0 Å². The van der Waals surface area contributed by atoms with Crippen molar-refractivity contribution >= 4 is 5.91 Å².